The summed E-state index contributed by atoms with van der Waals surface area (Å²) in [6.45, 7) is 0.551. The average Bonchev–Trinajstić information content (AvgIpc) is 2.27. The lowest BCUT2D eigenvalue weighted by Crippen LogP contribution is -2.40. The van der Waals surface area contributed by atoms with Crippen molar-refractivity contribution in [3.05, 3.63) is 29.3 Å². The molecule has 0 aliphatic heterocycles. The minimum atomic E-state index is -4.41. The Labute approximate surface area is 102 Å². The van der Waals surface area contributed by atoms with E-state index in [1.54, 1.807) is 30.4 Å². The van der Waals surface area contributed by atoms with E-state index < -0.39 is 18.8 Å². The van der Waals surface area contributed by atoms with Gasteiger partial charge in [-0.05, 0) is 24.1 Å². The van der Waals surface area contributed by atoms with Crippen molar-refractivity contribution in [3.63, 3.8) is 0 Å². The van der Waals surface area contributed by atoms with Gasteiger partial charge in [-0.1, -0.05) is 12.1 Å². The maximum absolute atomic E-state index is 11.8. The molecule has 0 spiro atoms. The zero-order valence-electron chi connectivity index (χ0n) is 9.77. The van der Waals surface area contributed by atoms with Crippen LogP contribution in [0.1, 0.15) is 11.1 Å². The SMILES string of the molecule is Cc1c(N)cccc1CNC(=O)NCC(F)(F)F. The van der Waals surface area contributed by atoms with Crippen LogP contribution in [0.25, 0.3) is 0 Å². The Morgan fingerprint density at radius 2 is 2.00 bits per heavy atom. The minimum Gasteiger partial charge on any atom is -0.399 e. The third kappa shape index (κ3) is 4.52. The predicted octanol–water partition coefficient (Wildman–Crippen LogP) is 1.94. The topological polar surface area (TPSA) is 67.1 Å². The van der Waals surface area contributed by atoms with Crippen molar-refractivity contribution in [3.8, 4) is 0 Å². The second-order valence-electron chi connectivity index (χ2n) is 3.78. The molecule has 1 rings (SSSR count). The lowest BCUT2D eigenvalue weighted by molar-refractivity contribution is -0.122. The van der Waals surface area contributed by atoms with Crippen LogP contribution in [0.4, 0.5) is 23.7 Å². The summed E-state index contributed by atoms with van der Waals surface area (Å²) in [5.74, 6) is 0. The van der Waals surface area contributed by atoms with Crippen LogP contribution in [0.3, 0.4) is 0 Å². The average molecular weight is 261 g/mol. The van der Waals surface area contributed by atoms with E-state index in [0.717, 1.165) is 11.1 Å². The number of nitrogens with one attached hydrogen (secondary N) is 2. The third-order valence-electron chi connectivity index (χ3n) is 2.38. The number of hydrogen-bond acceptors (Lipinski definition) is 2. The molecular formula is C11H14F3N3O. The summed E-state index contributed by atoms with van der Waals surface area (Å²) in [7, 11) is 0. The second kappa shape index (κ2) is 5.61. The van der Waals surface area contributed by atoms with Gasteiger partial charge in [-0.3, -0.25) is 0 Å². The molecule has 0 fully saturated rings. The molecule has 0 radical (unpaired) electrons. The zero-order valence-corrected chi connectivity index (χ0v) is 9.77. The van der Waals surface area contributed by atoms with Gasteiger partial charge in [0.1, 0.15) is 6.54 Å². The fourth-order valence-electron chi connectivity index (χ4n) is 1.31. The van der Waals surface area contributed by atoms with Gasteiger partial charge in [-0.15, -0.1) is 0 Å². The first-order valence-corrected chi connectivity index (χ1v) is 5.22. The summed E-state index contributed by atoms with van der Waals surface area (Å²) in [6, 6.07) is 4.31. The minimum absolute atomic E-state index is 0.126. The van der Waals surface area contributed by atoms with Gasteiger partial charge in [-0.2, -0.15) is 13.2 Å². The molecule has 0 unspecified atom stereocenters. The van der Waals surface area contributed by atoms with Crippen molar-refractivity contribution in [1.29, 1.82) is 0 Å². The number of nitrogen functional groups attached to an aromatic ring is 1. The normalized spacial score (nSPS) is 11.1. The van der Waals surface area contributed by atoms with E-state index >= 15 is 0 Å². The van der Waals surface area contributed by atoms with E-state index in [4.69, 9.17) is 5.73 Å². The molecule has 1 aromatic rings. The molecule has 1 aromatic carbocycles. The van der Waals surface area contributed by atoms with Crippen molar-refractivity contribution in [2.75, 3.05) is 12.3 Å². The molecule has 18 heavy (non-hydrogen) atoms. The molecule has 0 heterocycles. The fraction of sp³-hybridized carbons (Fsp3) is 0.364. The van der Waals surface area contributed by atoms with Crippen LogP contribution in [0.5, 0.6) is 0 Å². The van der Waals surface area contributed by atoms with E-state index in [0.29, 0.717) is 5.69 Å². The quantitative estimate of drug-likeness (QED) is 0.728. The monoisotopic (exact) mass is 261 g/mol. The van der Waals surface area contributed by atoms with Crippen molar-refractivity contribution >= 4 is 11.7 Å². The van der Waals surface area contributed by atoms with Gasteiger partial charge in [-0.25, -0.2) is 4.79 Å². The Hall–Kier alpha value is -1.92. The van der Waals surface area contributed by atoms with Crippen LogP contribution in [0.15, 0.2) is 18.2 Å². The maximum Gasteiger partial charge on any atom is 0.405 e. The van der Waals surface area contributed by atoms with Gasteiger partial charge in [0.25, 0.3) is 0 Å². The van der Waals surface area contributed by atoms with Gasteiger partial charge in [0.15, 0.2) is 0 Å². The molecule has 0 aliphatic rings. The molecule has 0 atom stereocenters. The van der Waals surface area contributed by atoms with Gasteiger partial charge < -0.3 is 16.4 Å². The lowest BCUT2D eigenvalue weighted by atomic mass is 10.1. The van der Waals surface area contributed by atoms with E-state index in [9.17, 15) is 18.0 Å². The first-order valence-electron chi connectivity index (χ1n) is 5.22. The molecule has 4 nitrogen and oxygen atoms in total. The Balaban J connectivity index is 2.46. The number of alkyl halides is 3. The van der Waals surface area contributed by atoms with Gasteiger partial charge in [0, 0.05) is 12.2 Å². The van der Waals surface area contributed by atoms with Gasteiger partial charge in [0.05, 0.1) is 0 Å². The smallest absolute Gasteiger partial charge is 0.399 e. The Bertz CT molecular complexity index is 432. The first-order chi connectivity index (χ1) is 8.29. The van der Waals surface area contributed by atoms with Crippen LogP contribution in [-0.4, -0.2) is 18.8 Å². The molecule has 7 heteroatoms. The number of benzene rings is 1. The fourth-order valence-corrected chi connectivity index (χ4v) is 1.31. The molecule has 100 valence electrons. The van der Waals surface area contributed by atoms with E-state index in [1.807, 2.05) is 0 Å². The highest BCUT2D eigenvalue weighted by Crippen LogP contribution is 2.15. The largest absolute Gasteiger partial charge is 0.405 e. The molecule has 0 aliphatic carbocycles. The third-order valence-corrected chi connectivity index (χ3v) is 2.38. The van der Waals surface area contributed by atoms with E-state index in [2.05, 4.69) is 5.32 Å². The first kappa shape index (κ1) is 14.1. The number of nitrogens with two attached hydrogens (primary N) is 1. The van der Waals surface area contributed by atoms with E-state index in [-0.39, 0.29) is 6.54 Å². The number of rotatable bonds is 3. The Kier molecular flexibility index (Phi) is 4.41. The molecule has 0 aromatic heterocycles. The van der Waals surface area contributed by atoms with Crippen molar-refractivity contribution in [1.82, 2.24) is 10.6 Å². The highest BCUT2D eigenvalue weighted by atomic mass is 19.4. The van der Waals surface area contributed by atoms with E-state index in [1.165, 1.54) is 0 Å². The number of carbonyl (C=O) groups excluding carboxylic acids is 1. The van der Waals surface area contributed by atoms with Gasteiger partial charge >= 0.3 is 12.2 Å². The highest BCUT2D eigenvalue weighted by molar-refractivity contribution is 5.74. The van der Waals surface area contributed by atoms with Crippen LogP contribution in [0, 0.1) is 6.92 Å². The van der Waals surface area contributed by atoms with Crippen molar-refractivity contribution in [2.24, 2.45) is 0 Å². The zero-order chi connectivity index (χ0) is 13.8. The van der Waals surface area contributed by atoms with Crippen molar-refractivity contribution in [2.45, 2.75) is 19.6 Å². The second-order valence-corrected chi connectivity index (χ2v) is 3.78. The maximum atomic E-state index is 11.8. The summed E-state index contributed by atoms with van der Waals surface area (Å²) < 4.78 is 35.5. The molecule has 0 saturated heterocycles. The standard InChI is InChI=1S/C11H14F3N3O/c1-7-8(3-2-4-9(7)15)5-16-10(18)17-6-11(12,13)14/h2-4H,5-6,15H2,1H3,(H2,16,17,18). The summed E-state index contributed by atoms with van der Waals surface area (Å²) in [5.41, 5.74) is 7.80. The lowest BCUT2D eigenvalue weighted by Gasteiger charge is -2.11. The summed E-state index contributed by atoms with van der Waals surface area (Å²) in [6.07, 6.45) is -4.41. The molecule has 2 amide bonds. The predicted molar refractivity (Wildman–Crippen MR) is 61.9 cm³/mol. The van der Waals surface area contributed by atoms with Gasteiger partial charge in [0.2, 0.25) is 0 Å². The number of amides is 2. The summed E-state index contributed by atoms with van der Waals surface area (Å²) in [4.78, 5) is 11.1. The molecular weight excluding hydrogens is 247 g/mol. The number of halogens is 3. The molecule has 0 saturated carbocycles. The molecule has 0 bridgehead atoms. The Morgan fingerprint density at radius 1 is 1.33 bits per heavy atom. The van der Waals surface area contributed by atoms with Crippen molar-refractivity contribution < 1.29 is 18.0 Å². The highest BCUT2D eigenvalue weighted by Gasteiger charge is 2.27. The van der Waals surface area contributed by atoms with Crippen LogP contribution >= 0.6 is 0 Å². The van der Waals surface area contributed by atoms with Crippen LogP contribution in [-0.2, 0) is 6.54 Å². The molecule has 4 N–H and O–H groups in total. The van der Waals surface area contributed by atoms with Crippen LogP contribution in [0.2, 0.25) is 0 Å². The summed E-state index contributed by atoms with van der Waals surface area (Å²) in [5, 5.41) is 4.05. The number of carbonyl (C=O) groups is 1. The Morgan fingerprint density at radius 3 is 2.61 bits per heavy atom. The number of urea groups is 1. The number of anilines is 1. The number of hydrogen-bond donors (Lipinski definition) is 3. The summed E-state index contributed by atoms with van der Waals surface area (Å²) >= 11 is 0. The van der Waals surface area contributed by atoms with Crippen LogP contribution < -0.4 is 16.4 Å².